The topological polar surface area (TPSA) is 220 Å². The van der Waals surface area contributed by atoms with Crippen molar-refractivity contribution >= 4 is 5.97 Å². The van der Waals surface area contributed by atoms with Crippen LogP contribution in [0.25, 0.3) is 11.1 Å². The second-order valence-corrected chi connectivity index (χ2v) is 23.4. The summed E-state index contributed by atoms with van der Waals surface area (Å²) in [5.41, 5.74) is -0.127. The van der Waals surface area contributed by atoms with Gasteiger partial charge in [-0.15, -0.1) is 5.10 Å². The lowest BCUT2D eigenvalue weighted by atomic mass is 9.77. The van der Waals surface area contributed by atoms with E-state index in [4.69, 9.17) is 33.2 Å². The number of methoxy groups -OCH3 is 2. The fraction of sp³-hybridized carbons (Fsp3) is 0.741. The van der Waals surface area contributed by atoms with Gasteiger partial charge in [-0.3, -0.25) is 4.79 Å². The van der Waals surface area contributed by atoms with E-state index in [1.807, 2.05) is 95.2 Å². The van der Waals surface area contributed by atoms with E-state index in [2.05, 4.69) is 15.2 Å². The molecule has 1 aromatic heterocycles. The minimum absolute atomic E-state index is 0.0242. The third-order valence-corrected chi connectivity index (χ3v) is 17.1. The van der Waals surface area contributed by atoms with Gasteiger partial charge in [0, 0.05) is 70.8 Å². The quantitative estimate of drug-likeness (QED) is 0.0952. The van der Waals surface area contributed by atoms with Crippen molar-refractivity contribution in [3.05, 3.63) is 71.5 Å². The number of aromatic nitrogens is 3. The van der Waals surface area contributed by atoms with E-state index in [1.165, 1.54) is 14.0 Å². The Hall–Kier alpha value is -3.54. The van der Waals surface area contributed by atoms with Crippen molar-refractivity contribution in [2.75, 3.05) is 48.1 Å². The highest BCUT2D eigenvalue weighted by Crippen LogP contribution is 2.41. The van der Waals surface area contributed by atoms with Crippen LogP contribution in [0.2, 0.25) is 0 Å². The van der Waals surface area contributed by atoms with Gasteiger partial charge in [0.05, 0.1) is 53.8 Å². The molecule has 19 heteroatoms. The highest BCUT2D eigenvalue weighted by Gasteiger charge is 2.52. The number of likely N-dealkylation sites (N-methyl/N-ethyl adjacent to an activating group) is 2. The molecule has 3 aliphatic heterocycles. The monoisotopic (exact) mass is 1090 g/mol. The number of carbonyl (C=O) groups excluding carboxylic acids is 1. The van der Waals surface area contributed by atoms with Crippen molar-refractivity contribution in [3.8, 4) is 11.1 Å². The van der Waals surface area contributed by atoms with Gasteiger partial charge in [0.1, 0.15) is 42.7 Å². The number of carbonyl (C=O) groups is 1. The summed E-state index contributed by atoms with van der Waals surface area (Å²) in [5.74, 6) is -2.58. The van der Waals surface area contributed by atoms with Crippen LogP contribution in [0.1, 0.15) is 130 Å². The molecule has 3 fully saturated rings. The summed E-state index contributed by atoms with van der Waals surface area (Å²) in [6, 6.07) is 14.1. The molecule has 0 unspecified atom stereocenters. The molecule has 77 heavy (non-hydrogen) atoms. The lowest BCUT2D eigenvalue weighted by Gasteiger charge is -2.48. The van der Waals surface area contributed by atoms with Crippen molar-refractivity contribution in [1.29, 1.82) is 0 Å². The number of esters is 1. The first-order valence-corrected chi connectivity index (χ1v) is 27.7. The first-order chi connectivity index (χ1) is 36.3. The van der Waals surface area contributed by atoms with Crippen LogP contribution in [0.5, 0.6) is 0 Å². The van der Waals surface area contributed by atoms with Gasteiger partial charge in [0.15, 0.2) is 12.6 Å². The summed E-state index contributed by atoms with van der Waals surface area (Å²) in [6.45, 7) is 18.2. The van der Waals surface area contributed by atoms with Gasteiger partial charge in [-0.25, -0.2) is 9.07 Å². The number of ether oxygens (including phenoxy) is 7. The number of halogens is 1. The van der Waals surface area contributed by atoms with Crippen molar-refractivity contribution in [2.24, 2.45) is 17.8 Å². The summed E-state index contributed by atoms with van der Waals surface area (Å²) in [4.78, 5) is 18.7. The molecule has 3 aromatic rings. The van der Waals surface area contributed by atoms with Gasteiger partial charge in [0.25, 0.3) is 0 Å². The molecule has 19 atom stereocenters. The highest BCUT2D eigenvalue weighted by molar-refractivity contribution is 5.73. The predicted octanol–water partition coefficient (Wildman–Crippen LogP) is 6.19. The zero-order chi connectivity index (χ0) is 56.7. The second-order valence-electron chi connectivity index (χ2n) is 23.4. The maximum absolute atomic E-state index is 15.0. The molecule has 0 saturated carbocycles. The van der Waals surface area contributed by atoms with E-state index in [0.29, 0.717) is 38.0 Å². The van der Waals surface area contributed by atoms with Gasteiger partial charge >= 0.3 is 5.97 Å². The Labute approximate surface area is 456 Å². The van der Waals surface area contributed by atoms with Crippen molar-refractivity contribution in [2.45, 2.75) is 211 Å². The first-order valence-electron chi connectivity index (χ1n) is 27.7. The zero-order valence-electron chi connectivity index (χ0n) is 48.1. The van der Waals surface area contributed by atoms with Crippen LogP contribution in [0, 0.1) is 17.8 Å². The lowest BCUT2D eigenvalue weighted by Crippen LogP contribution is -2.59. The third-order valence-electron chi connectivity index (χ3n) is 17.1. The Morgan fingerprint density at radius 2 is 1.55 bits per heavy atom. The second kappa shape index (κ2) is 26.8. The van der Waals surface area contributed by atoms with Gasteiger partial charge < -0.3 is 68.5 Å². The Morgan fingerprint density at radius 3 is 2.14 bits per heavy atom. The normalized spacial score (nSPS) is 37.2. The molecule has 0 radical (unpaired) electrons. The van der Waals surface area contributed by atoms with E-state index < -0.39 is 109 Å². The number of alkyl halides is 1. The molecule has 0 amide bonds. The summed E-state index contributed by atoms with van der Waals surface area (Å²) in [5, 5.41) is 65.9. The number of aliphatic hydroxyl groups excluding tert-OH is 3. The molecular weight excluding hydrogens is 994 g/mol. The molecule has 2 aromatic carbocycles. The lowest BCUT2D eigenvalue weighted by molar-refractivity contribution is -0.308. The minimum atomic E-state index is -1.83. The minimum Gasteiger partial charge on any atom is -0.459 e. The molecule has 5 N–H and O–H groups in total. The maximum Gasteiger partial charge on any atom is 0.311 e. The Kier molecular flexibility index (Phi) is 21.8. The smallest absolute Gasteiger partial charge is 0.311 e. The number of rotatable bonds is 17. The van der Waals surface area contributed by atoms with E-state index in [-0.39, 0.29) is 43.9 Å². The standard InChI is InChI=1S/C58H92FN5O13/c1-15-47-58(10,70)52(66)38(6)63(12)31-34(2)28-56(8,69)54(36(4)50(37(5)55(68)75-47)76-49-29-57(9,72-14)53(67)39(7)74-49)77-48-27-45(26-35(3)73-48)62(11)25-24-44-32-64(61-60-44)46(30-59)51(71-13)43-22-20-42(21-23-43)41-18-16-40(33-65)17-19-41/h16-23,32,34-39,45-54,65-67,69-70H,15,24-31,33H2,1-14H3/t34-,35-,36+,37-,38-,39+,45+,46-,47-,48+,49+,50+,51-,52-,53+,54-,56-,57-,58-/m1/s1. The third kappa shape index (κ3) is 14.9. The van der Waals surface area contributed by atoms with E-state index >= 15 is 0 Å². The summed E-state index contributed by atoms with van der Waals surface area (Å²) in [7, 11) is 6.97. The number of hydrogen-bond donors (Lipinski definition) is 5. The fourth-order valence-electron chi connectivity index (χ4n) is 12.2. The summed E-state index contributed by atoms with van der Waals surface area (Å²) >= 11 is 0. The molecule has 18 nitrogen and oxygen atoms in total. The predicted molar refractivity (Wildman–Crippen MR) is 288 cm³/mol. The van der Waals surface area contributed by atoms with Crippen LogP contribution in [0.4, 0.5) is 4.39 Å². The number of aliphatic hydroxyl groups is 5. The van der Waals surface area contributed by atoms with Crippen LogP contribution in [-0.2, 0) is 51.0 Å². The van der Waals surface area contributed by atoms with Crippen LogP contribution in [0.3, 0.4) is 0 Å². The van der Waals surface area contributed by atoms with Crippen LogP contribution >= 0.6 is 0 Å². The highest BCUT2D eigenvalue weighted by atomic mass is 19.1. The molecule has 0 aliphatic carbocycles. The van der Waals surface area contributed by atoms with Gasteiger partial charge in [-0.05, 0) is 110 Å². The van der Waals surface area contributed by atoms with Crippen molar-refractivity contribution < 1.29 is 67.9 Å². The van der Waals surface area contributed by atoms with Crippen molar-refractivity contribution in [1.82, 2.24) is 24.8 Å². The van der Waals surface area contributed by atoms with Crippen LogP contribution in [-0.4, -0.2) is 189 Å². The molecule has 0 bridgehead atoms. The van der Waals surface area contributed by atoms with E-state index in [9.17, 15) is 34.7 Å². The summed E-state index contributed by atoms with van der Waals surface area (Å²) < 4.78 is 61.1. The molecule has 434 valence electrons. The van der Waals surface area contributed by atoms with E-state index in [0.717, 1.165) is 22.3 Å². The van der Waals surface area contributed by atoms with Crippen LogP contribution < -0.4 is 0 Å². The number of cyclic esters (lactones) is 1. The van der Waals surface area contributed by atoms with E-state index in [1.54, 1.807) is 52.6 Å². The fourth-order valence-corrected chi connectivity index (χ4v) is 12.2. The number of nitrogens with zero attached hydrogens (tertiary/aromatic N) is 5. The Morgan fingerprint density at radius 1 is 0.896 bits per heavy atom. The molecule has 3 saturated heterocycles. The molecule has 3 aliphatic rings. The molecule has 6 rings (SSSR count). The van der Waals surface area contributed by atoms with Crippen LogP contribution in [0.15, 0.2) is 54.7 Å². The largest absolute Gasteiger partial charge is 0.459 e. The Balaban J connectivity index is 1.22. The Bertz CT molecular complexity index is 2290. The van der Waals surface area contributed by atoms with Crippen molar-refractivity contribution in [3.63, 3.8) is 0 Å². The molecular formula is C58H92FN5O13. The molecule has 0 spiro atoms. The maximum atomic E-state index is 15.0. The zero-order valence-corrected chi connectivity index (χ0v) is 48.1. The molecule has 4 heterocycles. The van der Waals surface area contributed by atoms with Gasteiger partial charge in [-0.1, -0.05) is 74.5 Å². The number of hydrogen-bond acceptors (Lipinski definition) is 17. The number of benzene rings is 2. The SMILES string of the molecule is CC[C@H]1OC(=O)[C@H](C)[C@@H](O[C@H]2C[C@@](C)(OC)[C@@H](O)[C@H](C)O2)[C@H](C)[C@@H](O[C@H]2C[C@@H](N(C)CCc3cn([C@H](CF)[C@H](OC)c4ccc(-c5ccc(CO)cc5)cc4)nn3)C[C@@H](C)O2)[C@](C)(O)C[C@@H](C)CN(C)[C@H](C)[C@@H](O)[C@]1(C)O. The van der Waals surface area contributed by atoms with Gasteiger partial charge in [-0.2, -0.15) is 0 Å². The summed E-state index contributed by atoms with van der Waals surface area (Å²) in [6.07, 6.45) is -4.67. The van der Waals surface area contributed by atoms with Gasteiger partial charge in [0.2, 0.25) is 0 Å². The average molecular weight is 1090 g/mol. The average Bonchev–Trinajstić information content (AvgIpc) is 3.88. The first kappa shape index (κ1) is 62.7.